The van der Waals surface area contributed by atoms with Gasteiger partial charge in [-0.3, -0.25) is 4.89 Å². The van der Waals surface area contributed by atoms with Crippen molar-refractivity contribution < 1.29 is 14.6 Å². The van der Waals surface area contributed by atoms with E-state index in [0.717, 1.165) is 19.4 Å². The van der Waals surface area contributed by atoms with E-state index in [1.165, 1.54) is 0 Å². The second kappa shape index (κ2) is 8.68. The number of unbranched alkanes of at least 4 members (excludes halogenated alkanes) is 1. The molecule has 0 rings (SSSR count). The van der Waals surface area contributed by atoms with Gasteiger partial charge in [0.15, 0.2) is 0 Å². The Labute approximate surface area is 92.5 Å². The van der Waals surface area contributed by atoms with Gasteiger partial charge in [0.2, 0.25) is 0 Å². The van der Waals surface area contributed by atoms with Crippen molar-refractivity contribution in [1.29, 1.82) is 0 Å². The fraction of sp³-hybridized carbons (Fsp3) is 0.909. The molecule has 4 heteroatoms. The molecule has 0 aliphatic heterocycles. The molecule has 0 radical (unpaired) electrons. The smallest absolute Gasteiger partial charge is 0.309 e. The fourth-order valence-electron chi connectivity index (χ4n) is 0.975. The van der Waals surface area contributed by atoms with Gasteiger partial charge in [-0.25, -0.2) is 4.79 Å². The highest BCUT2D eigenvalue weighted by atomic mass is 17.2. The summed E-state index contributed by atoms with van der Waals surface area (Å²) in [5.41, 5.74) is 0. The van der Waals surface area contributed by atoms with Gasteiger partial charge >= 0.3 is 5.97 Å². The Kier molecular flexibility index (Phi) is 8.33. The van der Waals surface area contributed by atoms with Crippen LogP contribution in [0.4, 0.5) is 0 Å². The number of carbonyl (C=O) groups is 1. The van der Waals surface area contributed by atoms with Crippen molar-refractivity contribution in [3.63, 3.8) is 0 Å². The van der Waals surface area contributed by atoms with Gasteiger partial charge < -0.3 is 4.90 Å². The third kappa shape index (κ3) is 11.3. The molecule has 0 spiro atoms. The summed E-state index contributed by atoms with van der Waals surface area (Å²) in [5, 5.41) is 0. The largest absolute Gasteiger partial charge is 0.342 e. The Morgan fingerprint density at radius 3 is 2.47 bits per heavy atom. The standard InChI is InChI=1S/C11H23NO3/c1-10(2)9-14-15-11(13)7-5-6-8-12(3)4/h10H,5-9H2,1-4H3. The van der Waals surface area contributed by atoms with Crippen LogP contribution in [-0.2, 0) is 14.6 Å². The Balaban J connectivity index is 3.26. The molecule has 4 nitrogen and oxygen atoms in total. The van der Waals surface area contributed by atoms with Crippen molar-refractivity contribution in [3.05, 3.63) is 0 Å². The van der Waals surface area contributed by atoms with Crippen LogP contribution in [0.1, 0.15) is 33.1 Å². The van der Waals surface area contributed by atoms with Gasteiger partial charge in [-0.15, -0.1) is 0 Å². The van der Waals surface area contributed by atoms with E-state index < -0.39 is 0 Å². The third-order valence-corrected chi connectivity index (χ3v) is 1.79. The van der Waals surface area contributed by atoms with Gasteiger partial charge in [0.1, 0.15) is 0 Å². The van der Waals surface area contributed by atoms with E-state index in [2.05, 4.69) is 9.79 Å². The highest BCUT2D eigenvalue weighted by Gasteiger charge is 2.04. The molecule has 0 N–H and O–H groups in total. The van der Waals surface area contributed by atoms with Crippen LogP contribution in [0.15, 0.2) is 0 Å². The molecule has 0 amide bonds. The normalized spacial score (nSPS) is 11.1. The Hall–Kier alpha value is -0.610. The zero-order valence-corrected chi connectivity index (χ0v) is 10.3. The molecule has 0 aliphatic carbocycles. The van der Waals surface area contributed by atoms with Crippen molar-refractivity contribution in [2.24, 2.45) is 5.92 Å². The minimum Gasteiger partial charge on any atom is -0.309 e. The summed E-state index contributed by atoms with van der Waals surface area (Å²) in [6, 6.07) is 0. The molecule has 0 aromatic carbocycles. The number of carbonyl (C=O) groups excluding carboxylic acids is 1. The predicted octanol–water partition coefficient (Wildman–Crippen LogP) is 1.85. The Bertz CT molecular complexity index is 169. The summed E-state index contributed by atoms with van der Waals surface area (Å²) < 4.78 is 0. The van der Waals surface area contributed by atoms with Crippen LogP contribution in [0, 0.1) is 5.92 Å². The summed E-state index contributed by atoms with van der Waals surface area (Å²) in [5.74, 6) is 0.112. The Morgan fingerprint density at radius 1 is 1.27 bits per heavy atom. The third-order valence-electron chi connectivity index (χ3n) is 1.79. The van der Waals surface area contributed by atoms with E-state index in [1.54, 1.807) is 0 Å². The first-order chi connectivity index (χ1) is 7.02. The molecule has 90 valence electrons. The van der Waals surface area contributed by atoms with Gasteiger partial charge in [0.25, 0.3) is 0 Å². The van der Waals surface area contributed by atoms with E-state index in [1.807, 2.05) is 27.9 Å². The summed E-state index contributed by atoms with van der Waals surface area (Å²) >= 11 is 0. The first-order valence-electron chi connectivity index (χ1n) is 5.49. The SMILES string of the molecule is CC(C)COOC(=O)CCCCN(C)C. The predicted molar refractivity (Wildman–Crippen MR) is 59.3 cm³/mol. The molecule has 15 heavy (non-hydrogen) atoms. The van der Waals surface area contributed by atoms with Crippen LogP contribution in [0.5, 0.6) is 0 Å². The zero-order valence-electron chi connectivity index (χ0n) is 10.3. The summed E-state index contributed by atoms with van der Waals surface area (Å²) in [4.78, 5) is 22.6. The summed E-state index contributed by atoms with van der Waals surface area (Å²) in [6.07, 6.45) is 2.29. The first-order valence-corrected chi connectivity index (χ1v) is 5.49. The average molecular weight is 217 g/mol. The molecule has 0 unspecified atom stereocenters. The monoisotopic (exact) mass is 217 g/mol. The minimum atomic E-state index is -0.269. The van der Waals surface area contributed by atoms with Crippen molar-refractivity contribution in [2.75, 3.05) is 27.2 Å². The average Bonchev–Trinajstić information content (AvgIpc) is 2.11. The number of nitrogens with zero attached hydrogens (tertiary/aromatic N) is 1. The second-order valence-electron chi connectivity index (χ2n) is 4.39. The van der Waals surface area contributed by atoms with Crippen molar-refractivity contribution in [1.82, 2.24) is 4.90 Å². The molecular weight excluding hydrogens is 194 g/mol. The molecule has 0 atom stereocenters. The summed E-state index contributed by atoms with van der Waals surface area (Å²) in [7, 11) is 4.04. The zero-order chi connectivity index (χ0) is 11.7. The number of hydrogen-bond acceptors (Lipinski definition) is 4. The van der Waals surface area contributed by atoms with E-state index >= 15 is 0 Å². The van der Waals surface area contributed by atoms with E-state index in [-0.39, 0.29) is 5.97 Å². The van der Waals surface area contributed by atoms with Crippen molar-refractivity contribution >= 4 is 5.97 Å². The van der Waals surface area contributed by atoms with Gasteiger partial charge in [-0.2, -0.15) is 4.89 Å². The second-order valence-corrected chi connectivity index (χ2v) is 4.39. The lowest BCUT2D eigenvalue weighted by Crippen LogP contribution is -2.14. The fourth-order valence-corrected chi connectivity index (χ4v) is 0.975. The number of rotatable bonds is 8. The topological polar surface area (TPSA) is 38.8 Å². The molecule has 0 saturated carbocycles. The maximum Gasteiger partial charge on any atom is 0.342 e. The molecule has 0 aromatic heterocycles. The highest BCUT2D eigenvalue weighted by molar-refractivity contribution is 5.68. The van der Waals surface area contributed by atoms with E-state index in [9.17, 15) is 4.79 Å². The van der Waals surface area contributed by atoms with Gasteiger partial charge in [-0.05, 0) is 39.4 Å². The molecule has 0 heterocycles. The molecular formula is C11H23NO3. The van der Waals surface area contributed by atoms with Crippen LogP contribution in [0.3, 0.4) is 0 Å². The molecule has 0 saturated heterocycles. The van der Waals surface area contributed by atoms with Crippen LogP contribution >= 0.6 is 0 Å². The van der Waals surface area contributed by atoms with Crippen LogP contribution in [0.2, 0.25) is 0 Å². The van der Waals surface area contributed by atoms with Crippen molar-refractivity contribution in [2.45, 2.75) is 33.1 Å². The summed E-state index contributed by atoms with van der Waals surface area (Å²) in [6.45, 7) is 5.47. The lowest BCUT2D eigenvalue weighted by molar-refractivity contribution is -0.276. The maximum absolute atomic E-state index is 11.1. The van der Waals surface area contributed by atoms with E-state index in [0.29, 0.717) is 18.9 Å². The van der Waals surface area contributed by atoms with Gasteiger partial charge in [0, 0.05) is 6.42 Å². The quantitative estimate of drug-likeness (QED) is 0.353. The van der Waals surface area contributed by atoms with Crippen molar-refractivity contribution in [3.8, 4) is 0 Å². The van der Waals surface area contributed by atoms with Gasteiger partial charge in [0.05, 0.1) is 6.61 Å². The molecule has 0 fully saturated rings. The van der Waals surface area contributed by atoms with Crippen LogP contribution in [-0.4, -0.2) is 38.1 Å². The minimum absolute atomic E-state index is 0.269. The lowest BCUT2D eigenvalue weighted by atomic mass is 10.2. The van der Waals surface area contributed by atoms with Crippen LogP contribution < -0.4 is 0 Å². The van der Waals surface area contributed by atoms with Crippen LogP contribution in [0.25, 0.3) is 0 Å². The number of hydrogen-bond donors (Lipinski definition) is 0. The highest BCUT2D eigenvalue weighted by Crippen LogP contribution is 2.00. The molecule has 0 aromatic rings. The lowest BCUT2D eigenvalue weighted by Gasteiger charge is -2.08. The molecule has 0 bridgehead atoms. The first kappa shape index (κ1) is 14.4. The Morgan fingerprint density at radius 2 is 1.93 bits per heavy atom. The maximum atomic E-state index is 11.1. The molecule has 0 aliphatic rings. The van der Waals surface area contributed by atoms with Gasteiger partial charge in [-0.1, -0.05) is 13.8 Å². The van der Waals surface area contributed by atoms with E-state index in [4.69, 9.17) is 4.89 Å².